The van der Waals surface area contributed by atoms with E-state index in [-0.39, 0.29) is 0 Å². The van der Waals surface area contributed by atoms with E-state index >= 15 is 0 Å². The van der Waals surface area contributed by atoms with Gasteiger partial charge in [0.05, 0.1) is 0 Å². The van der Waals surface area contributed by atoms with Gasteiger partial charge in [-0.3, -0.25) is 4.99 Å². The zero-order valence-electron chi connectivity index (χ0n) is 12.6. The number of benzene rings is 1. The Hall–Kier alpha value is -1.16. The highest BCUT2D eigenvalue weighted by Gasteiger charge is 2.24. The number of guanidine groups is 1. The second-order valence-corrected chi connectivity index (χ2v) is 6.56. The molecule has 2 atom stereocenters. The molecule has 1 fully saturated rings. The fraction of sp³-hybridized carbons (Fsp3) is 0.562. The molecule has 3 nitrogen and oxygen atoms in total. The minimum atomic E-state index is 0.566. The zero-order chi connectivity index (χ0) is 14.4. The smallest absolute Gasteiger partial charge is 0.191 e. The molecule has 0 amide bonds. The van der Waals surface area contributed by atoms with E-state index in [1.165, 1.54) is 30.4 Å². The average molecular weight is 291 g/mol. The maximum atomic E-state index is 4.33. The summed E-state index contributed by atoms with van der Waals surface area (Å²) < 4.78 is 0. The molecule has 1 saturated carbocycles. The van der Waals surface area contributed by atoms with Crippen molar-refractivity contribution in [1.29, 1.82) is 0 Å². The minimum absolute atomic E-state index is 0.566. The molecule has 1 aromatic rings. The fourth-order valence-corrected chi connectivity index (χ4v) is 3.48. The van der Waals surface area contributed by atoms with Crippen LogP contribution in [0, 0.1) is 6.92 Å². The second kappa shape index (κ2) is 7.58. The molecule has 0 saturated heterocycles. The number of nitrogens with zero attached hydrogens (tertiary/aromatic N) is 1. The highest BCUT2D eigenvalue weighted by atomic mass is 32.2. The topological polar surface area (TPSA) is 36.4 Å². The lowest BCUT2D eigenvalue weighted by atomic mass is 10.1. The van der Waals surface area contributed by atoms with E-state index in [4.69, 9.17) is 0 Å². The average Bonchev–Trinajstić information content (AvgIpc) is 2.91. The molecule has 1 aromatic carbocycles. The third-order valence-corrected chi connectivity index (χ3v) is 4.92. The summed E-state index contributed by atoms with van der Waals surface area (Å²) in [7, 11) is 1.84. The molecule has 4 heteroatoms. The van der Waals surface area contributed by atoms with Gasteiger partial charge in [-0.1, -0.05) is 29.8 Å². The van der Waals surface area contributed by atoms with Gasteiger partial charge in [0.2, 0.25) is 0 Å². The van der Waals surface area contributed by atoms with Gasteiger partial charge in [0.15, 0.2) is 5.96 Å². The number of aliphatic imine (C=N–C) groups is 1. The molecule has 20 heavy (non-hydrogen) atoms. The van der Waals surface area contributed by atoms with Crippen LogP contribution < -0.4 is 10.6 Å². The van der Waals surface area contributed by atoms with Crippen LogP contribution in [-0.2, 0) is 6.54 Å². The van der Waals surface area contributed by atoms with Crippen LogP contribution in [0.5, 0.6) is 0 Å². The molecule has 0 spiro atoms. The van der Waals surface area contributed by atoms with Crippen molar-refractivity contribution in [1.82, 2.24) is 10.6 Å². The van der Waals surface area contributed by atoms with Crippen molar-refractivity contribution < 1.29 is 0 Å². The lowest BCUT2D eigenvalue weighted by Crippen LogP contribution is -2.42. The van der Waals surface area contributed by atoms with Crippen LogP contribution >= 0.6 is 11.8 Å². The lowest BCUT2D eigenvalue weighted by molar-refractivity contribution is 0.614. The van der Waals surface area contributed by atoms with Gasteiger partial charge in [0.1, 0.15) is 0 Å². The Morgan fingerprint density at radius 3 is 2.90 bits per heavy atom. The van der Waals surface area contributed by atoms with E-state index in [1.807, 2.05) is 18.8 Å². The van der Waals surface area contributed by atoms with Gasteiger partial charge in [-0.15, -0.1) is 0 Å². The Morgan fingerprint density at radius 1 is 1.40 bits per heavy atom. The molecule has 0 radical (unpaired) electrons. The second-order valence-electron chi connectivity index (χ2n) is 5.43. The molecule has 0 heterocycles. The summed E-state index contributed by atoms with van der Waals surface area (Å²) >= 11 is 1.98. The maximum Gasteiger partial charge on any atom is 0.191 e. The van der Waals surface area contributed by atoms with E-state index in [9.17, 15) is 0 Å². The summed E-state index contributed by atoms with van der Waals surface area (Å²) in [4.78, 5) is 4.33. The van der Waals surface area contributed by atoms with Crippen molar-refractivity contribution in [2.75, 3.05) is 13.3 Å². The lowest BCUT2D eigenvalue weighted by Gasteiger charge is -2.17. The first kappa shape index (κ1) is 15.2. The quantitative estimate of drug-likeness (QED) is 0.661. The summed E-state index contributed by atoms with van der Waals surface area (Å²) in [6.07, 6.45) is 6.01. The van der Waals surface area contributed by atoms with Crippen LogP contribution in [0.15, 0.2) is 29.3 Å². The predicted molar refractivity (Wildman–Crippen MR) is 89.5 cm³/mol. The third kappa shape index (κ3) is 4.44. The van der Waals surface area contributed by atoms with Gasteiger partial charge >= 0.3 is 0 Å². The molecule has 0 aromatic heterocycles. The molecule has 1 aliphatic rings. The molecule has 2 N–H and O–H groups in total. The first-order chi connectivity index (χ1) is 9.71. The van der Waals surface area contributed by atoms with E-state index in [0.717, 1.165) is 17.8 Å². The van der Waals surface area contributed by atoms with Crippen LogP contribution in [0.25, 0.3) is 0 Å². The van der Waals surface area contributed by atoms with Gasteiger partial charge in [-0.25, -0.2) is 0 Å². The summed E-state index contributed by atoms with van der Waals surface area (Å²) in [6.45, 7) is 2.94. The number of rotatable bonds is 4. The normalized spacial score (nSPS) is 22.9. The van der Waals surface area contributed by atoms with Crippen LogP contribution in [0.1, 0.15) is 30.4 Å². The van der Waals surface area contributed by atoms with Gasteiger partial charge in [-0.2, -0.15) is 11.8 Å². The summed E-state index contributed by atoms with van der Waals surface area (Å²) in [5.74, 6) is 0.915. The molecule has 1 aliphatic carbocycles. The predicted octanol–water partition coefficient (Wildman–Crippen LogP) is 2.94. The van der Waals surface area contributed by atoms with Crippen LogP contribution in [-0.4, -0.2) is 30.6 Å². The van der Waals surface area contributed by atoms with Gasteiger partial charge in [0, 0.05) is 24.9 Å². The Balaban J connectivity index is 1.81. The molecular weight excluding hydrogens is 266 g/mol. The summed E-state index contributed by atoms with van der Waals surface area (Å²) in [5, 5.41) is 7.75. The SMILES string of the molecule is CN=C(NCc1cccc(C)c1)NC1CCC(SC)C1. The van der Waals surface area contributed by atoms with Crippen molar-refractivity contribution in [3.05, 3.63) is 35.4 Å². The van der Waals surface area contributed by atoms with Gasteiger partial charge < -0.3 is 10.6 Å². The van der Waals surface area contributed by atoms with Gasteiger partial charge in [0.25, 0.3) is 0 Å². The molecule has 110 valence electrons. The third-order valence-electron chi connectivity index (χ3n) is 3.82. The van der Waals surface area contributed by atoms with Crippen LogP contribution in [0.2, 0.25) is 0 Å². The molecule has 0 bridgehead atoms. The van der Waals surface area contributed by atoms with E-state index < -0.39 is 0 Å². The molecular formula is C16H25N3S. The van der Waals surface area contributed by atoms with E-state index in [1.54, 1.807) is 0 Å². The van der Waals surface area contributed by atoms with Gasteiger partial charge in [-0.05, 0) is 38.0 Å². The zero-order valence-corrected chi connectivity index (χ0v) is 13.5. The molecule has 2 rings (SSSR count). The molecule has 0 aliphatic heterocycles. The van der Waals surface area contributed by atoms with Crippen LogP contribution in [0.3, 0.4) is 0 Å². The van der Waals surface area contributed by atoms with Crippen molar-refractivity contribution in [2.45, 2.75) is 44.0 Å². The number of thioether (sulfide) groups is 1. The van der Waals surface area contributed by atoms with Crippen molar-refractivity contribution in [2.24, 2.45) is 4.99 Å². The Kier molecular flexibility index (Phi) is 5.77. The number of aryl methyl sites for hydroxylation is 1. The Morgan fingerprint density at radius 2 is 2.25 bits per heavy atom. The van der Waals surface area contributed by atoms with E-state index in [0.29, 0.717) is 6.04 Å². The molecule has 2 unspecified atom stereocenters. The monoisotopic (exact) mass is 291 g/mol. The highest BCUT2D eigenvalue weighted by Crippen LogP contribution is 2.27. The van der Waals surface area contributed by atoms with Crippen LogP contribution in [0.4, 0.5) is 0 Å². The highest BCUT2D eigenvalue weighted by molar-refractivity contribution is 7.99. The Bertz CT molecular complexity index is 459. The fourth-order valence-electron chi connectivity index (χ4n) is 2.68. The first-order valence-electron chi connectivity index (χ1n) is 7.26. The van der Waals surface area contributed by atoms with Crippen molar-refractivity contribution >= 4 is 17.7 Å². The standard InChI is InChI=1S/C16H25N3S/c1-12-5-4-6-13(9-12)11-18-16(17-2)19-14-7-8-15(10-14)20-3/h4-6,9,14-15H,7-8,10-11H2,1-3H3,(H2,17,18,19). The number of nitrogens with one attached hydrogen (secondary N) is 2. The number of hydrogen-bond donors (Lipinski definition) is 2. The minimum Gasteiger partial charge on any atom is -0.354 e. The largest absolute Gasteiger partial charge is 0.354 e. The Labute approximate surface area is 126 Å². The maximum absolute atomic E-state index is 4.33. The van der Waals surface area contributed by atoms with E-state index in [2.05, 4.69) is 53.1 Å². The summed E-state index contributed by atoms with van der Waals surface area (Å²) in [6, 6.07) is 9.14. The van der Waals surface area contributed by atoms with Crippen molar-refractivity contribution in [3.8, 4) is 0 Å². The van der Waals surface area contributed by atoms with Crippen molar-refractivity contribution in [3.63, 3.8) is 0 Å². The number of hydrogen-bond acceptors (Lipinski definition) is 2. The first-order valence-corrected chi connectivity index (χ1v) is 8.55. The summed E-state index contributed by atoms with van der Waals surface area (Å²) in [5.41, 5.74) is 2.59.